The Labute approximate surface area is 280 Å². The average molecular weight is 629 g/mol. The molecule has 0 aromatic rings. The van der Waals surface area contributed by atoms with Crippen molar-refractivity contribution in [2.75, 3.05) is 13.2 Å². The van der Waals surface area contributed by atoms with E-state index in [1.54, 1.807) is 5.57 Å². The van der Waals surface area contributed by atoms with Gasteiger partial charge in [-0.15, -0.1) is 0 Å². The van der Waals surface area contributed by atoms with E-state index in [1.807, 2.05) is 6.08 Å². The summed E-state index contributed by atoms with van der Waals surface area (Å²) in [4.78, 5) is 12.3. The summed E-state index contributed by atoms with van der Waals surface area (Å²) in [7, 11) is 0. The summed E-state index contributed by atoms with van der Waals surface area (Å²) in [6.45, 7) is 12.4. The standard InChI is InChI=1S/C42H76O3/c1-6-7-8-9-10-11-12-13-14-15-16-17-18-19-20-21-22-23-24-28-40(44)45-34-31-38(35-43)30-33-42(5)37(3)29-32-41(4)36(2)26-25-27-39(41)42/h26,31,37,39,43H,6-25,27-30,32-35H2,1-5H3. The number of ether oxygens (including phenoxy) is 1. The van der Waals surface area contributed by atoms with E-state index in [0.717, 1.165) is 31.3 Å². The molecule has 0 radical (unpaired) electrons. The molecule has 0 heterocycles. The predicted octanol–water partition coefficient (Wildman–Crippen LogP) is 12.8. The third-order valence-electron chi connectivity index (χ3n) is 12.4. The highest BCUT2D eigenvalue weighted by molar-refractivity contribution is 5.69. The lowest BCUT2D eigenvalue weighted by Gasteiger charge is -2.58. The summed E-state index contributed by atoms with van der Waals surface area (Å²) in [5.41, 5.74) is 3.21. The Bertz CT molecular complexity index is 843. The van der Waals surface area contributed by atoms with Crippen molar-refractivity contribution in [1.29, 1.82) is 0 Å². The van der Waals surface area contributed by atoms with Crippen LogP contribution in [0.4, 0.5) is 0 Å². The number of aliphatic hydroxyl groups is 1. The van der Waals surface area contributed by atoms with E-state index >= 15 is 0 Å². The molecule has 0 aromatic carbocycles. The van der Waals surface area contributed by atoms with Crippen molar-refractivity contribution in [3.63, 3.8) is 0 Å². The minimum Gasteiger partial charge on any atom is -0.461 e. The number of rotatable bonds is 26. The van der Waals surface area contributed by atoms with Gasteiger partial charge < -0.3 is 9.84 Å². The van der Waals surface area contributed by atoms with Crippen LogP contribution < -0.4 is 0 Å². The highest BCUT2D eigenvalue weighted by Gasteiger charge is 2.52. The molecule has 2 rings (SSSR count). The minimum atomic E-state index is -0.0939. The summed E-state index contributed by atoms with van der Waals surface area (Å²) in [6, 6.07) is 0. The molecule has 0 bridgehead atoms. The van der Waals surface area contributed by atoms with Gasteiger partial charge in [0.05, 0.1) is 6.61 Å². The van der Waals surface area contributed by atoms with Crippen molar-refractivity contribution in [3.8, 4) is 0 Å². The lowest BCUT2D eigenvalue weighted by molar-refractivity contribution is -0.142. The second-order valence-electron chi connectivity index (χ2n) is 15.7. The first-order valence-corrected chi connectivity index (χ1v) is 19.9. The molecule has 1 saturated carbocycles. The van der Waals surface area contributed by atoms with Crippen molar-refractivity contribution in [3.05, 3.63) is 23.3 Å². The van der Waals surface area contributed by atoms with E-state index in [9.17, 15) is 9.90 Å². The molecule has 45 heavy (non-hydrogen) atoms. The molecule has 3 heteroatoms. The molecular weight excluding hydrogens is 552 g/mol. The fourth-order valence-corrected chi connectivity index (χ4v) is 8.68. The molecule has 0 aromatic heterocycles. The zero-order valence-corrected chi connectivity index (χ0v) is 30.9. The van der Waals surface area contributed by atoms with Crippen LogP contribution in [0.1, 0.15) is 202 Å². The molecular formula is C42H76O3. The molecule has 4 atom stereocenters. The van der Waals surface area contributed by atoms with Crippen molar-refractivity contribution >= 4 is 5.97 Å². The number of allylic oxidation sites excluding steroid dienone is 2. The number of fused-ring (bicyclic) bond motifs is 1. The summed E-state index contributed by atoms with van der Waals surface area (Å²) < 4.78 is 5.53. The third kappa shape index (κ3) is 14.7. The van der Waals surface area contributed by atoms with Crippen LogP contribution in [0.5, 0.6) is 0 Å². The van der Waals surface area contributed by atoms with Gasteiger partial charge in [-0.3, -0.25) is 4.79 Å². The normalized spacial score (nSPS) is 25.2. The smallest absolute Gasteiger partial charge is 0.306 e. The molecule has 2 aliphatic rings. The van der Waals surface area contributed by atoms with E-state index in [2.05, 4.69) is 40.7 Å². The highest BCUT2D eigenvalue weighted by atomic mass is 16.5. The molecule has 0 spiro atoms. The first-order valence-electron chi connectivity index (χ1n) is 19.9. The Balaban J connectivity index is 1.46. The van der Waals surface area contributed by atoms with Crippen LogP contribution in [0.15, 0.2) is 23.3 Å². The van der Waals surface area contributed by atoms with Crippen molar-refractivity contribution in [1.82, 2.24) is 0 Å². The third-order valence-corrected chi connectivity index (χ3v) is 12.4. The Morgan fingerprint density at radius 2 is 1.33 bits per heavy atom. The molecule has 4 unspecified atom stereocenters. The van der Waals surface area contributed by atoms with E-state index in [4.69, 9.17) is 4.74 Å². The lowest BCUT2D eigenvalue weighted by atomic mass is 9.47. The summed E-state index contributed by atoms with van der Waals surface area (Å²) in [6.07, 6.45) is 37.8. The fraction of sp³-hybridized carbons (Fsp3) is 0.881. The Morgan fingerprint density at radius 1 is 0.822 bits per heavy atom. The quantitative estimate of drug-likeness (QED) is 0.0589. The van der Waals surface area contributed by atoms with E-state index in [0.29, 0.717) is 30.3 Å². The highest BCUT2D eigenvalue weighted by Crippen LogP contribution is 2.61. The van der Waals surface area contributed by atoms with Crippen LogP contribution in [0.25, 0.3) is 0 Å². The number of hydrogen-bond acceptors (Lipinski definition) is 3. The molecule has 0 amide bonds. The van der Waals surface area contributed by atoms with Crippen LogP contribution in [0.2, 0.25) is 0 Å². The van der Waals surface area contributed by atoms with Gasteiger partial charge in [0.1, 0.15) is 6.61 Å². The topological polar surface area (TPSA) is 46.5 Å². The number of carbonyl (C=O) groups is 1. The number of esters is 1. The first kappa shape index (κ1) is 40.1. The van der Waals surface area contributed by atoms with Crippen LogP contribution in [0, 0.1) is 22.7 Å². The number of unbranched alkanes of at least 4 members (excludes halogenated alkanes) is 18. The zero-order valence-electron chi connectivity index (χ0n) is 30.9. The van der Waals surface area contributed by atoms with Gasteiger partial charge in [0, 0.05) is 6.42 Å². The van der Waals surface area contributed by atoms with Gasteiger partial charge in [0.25, 0.3) is 0 Å². The number of aliphatic hydroxyl groups excluding tert-OH is 1. The number of hydrogen-bond donors (Lipinski definition) is 1. The fourth-order valence-electron chi connectivity index (χ4n) is 8.68. The Hall–Kier alpha value is -1.09. The summed E-state index contributed by atoms with van der Waals surface area (Å²) >= 11 is 0. The van der Waals surface area contributed by atoms with Crippen LogP contribution >= 0.6 is 0 Å². The Morgan fingerprint density at radius 3 is 1.84 bits per heavy atom. The Kier molecular flexibility index (Phi) is 20.7. The van der Waals surface area contributed by atoms with E-state index in [-0.39, 0.29) is 18.0 Å². The molecule has 2 aliphatic carbocycles. The molecule has 0 saturated heterocycles. The summed E-state index contributed by atoms with van der Waals surface area (Å²) in [5, 5.41) is 10.1. The monoisotopic (exact) mass is 629 g/mol. The maximum Gasteiger partial charge on any atom is 0.306 e. The number of carbonyl (C=O) groups excluding carboxylic acids is 1. The van der Waals surface area contributed by atoms with Gasteiger partial charge in [0.15, 0.2) is 0 Å². The molecule has 0 aliphatic heterocycles. The molecule has 1 fully saturated rings. The average Bonchev–Trinajstić information content (AvgIpc) is 3.03. The maximum atomic E-state index is 12.3. The minimum absolute atomic E-state index is 0.0577. The molecule has 3 nitrogen and oxygen atoms in total. The van der Waals surface area contributed by atoms with Crippen LogP contribution in [-0.2, 0) is 9.53 Å². The predicted molar refractivity (Wildman–Crippen MR) is 194 cm³/mol. The van der Waals surface area contributed by atoms with Gasteiger partial charge in [0.2, 0.25) is 0 Å². The molecule has 262 valence electrons. The van der Waals surface area contributed by atoms with Crippen molar-refractivity contribution in [2.24, 2.45) is 22.7 Å². The maximum absolute atomic E-state index is 12.3. The van der Waals surface area contributed by atoms with Crippen LogP contribution in [-0.4, -0.2) is 24.3 Å². The van der Waals surface area contributed by atoms with E-state index in [1.165, 1.54) is 135 Å². The largest absolute Gasteiger partial charge is 0.461 e. The van der Waals surface area contributed by atoms with Gasteiger partial charge in [-0.2, -0.15) is 0 Å². The van der Waals surface area contributed by atoms with Gasteiger partial charge >= 0.3 is 5.97 Å². The zero-order chi connectivity index (χ0) is 32.8. The van der Waals surface area contributed by atoms with Crippen molar-refractivity contribution in [2.45, 2.75) is 202 Å². The van der Waals surface area contributed by atoms with Gasteiger partial charge in [-0.1, -0.05) is 155 Å². The SMILES string of the molecule is CCCCCCCCCCCCCCCCCCCCCC(=O)OCC=C(CO)CCC1(C)C(C)CCC2(C)C(C)=CCCC21. The molecule has 1 N–H and O–H groups in total. The van der Waals surface area contributed by atoms with Gasteiger partial charge in [-0.25, -0.2) is 0 Å². The second kappa shape index (κ2) is 23.3. The summed E-state index contributed by atoms with van der Waals surface area (Å²) in [5.74, 6) is 1.30. The first-order chi connectivity index (χ1) is 21.8. The van der Waals surface area contributed by atoms with Gasteiger partial charge in [-0.05, 0) is 86.2 Å². The second-order valence-corrected chi connectivity index (χ2v) is 15.7. The van der Waals surface area contributed by atoms with Crippen molar-refractivity contribution < 1.29 is 14.6 Å². The van der Waals surface area contributed by atoms with Crippen LogP contribution in [0.3, 0.4) is 0 Å². The lowest BCUT2D eigenvalue weighted by Crippen LogP contribution is -2.49. The van der Waals surface area contributed by atoms with E-state index < -0.39 is 0 Å².